The first-order valence-electron chi connectivity index (χ1n) is 6.58. The Morgan fingerprint density at radius 1 is 1.00 bits per heavy atom. The summed E-state index contributed by atoms with van der Waals surface area (Å²) in [6, 6.07) is 9.51. The molecule has 0 heterocycles. The van der Waals surface area contributed by atoms with Crippen LogP contribution in [0, 0.1) is 0 Å². The maximum atomic E-state index is 11.8. The minimum atomic E-state index is -2.79. The number of hydrogen-bond donors (Lipinski definition) is 0. The molecular formula is C14H22O2Sn. The molecule has 0 N–H and O–H groups in total. The Morgan fingerprint density at radius 3 is 2.35 bits per heavy atom. The van der Waals surface area contributed by atoms with Gasteiger partial charge in [-0.25, -0.2) is 0 Å². The second-order valence-corrected chi connectivity index (χ2v) is 8.44. The molecule has 0 unspecified atom stereocenters. The van der Waals surface area contributed by atoms with Crippen LogP contribution in [0.1, 0.15) is 45.4 Å². The van der Waals surface area contributed by atoms with Crippen molar-refractivity contribution in [3.8, 4) is 5.75 Å². The number of unbranched alkanes of at least 4 members (excludes halogenated alkanes) is 5. The van der Waals surface area contributed by atoms with E-state index in [2.05, 4.69) is 6.92 Å². The van der Waals surface area contributed by atoms with Crippen molar-refractivity contribution in [3.63, 3.8) is 0 Å². The van der Waals surface area contributed by atoms with Gasteiger partial charge in [0.2, 0.25) is 0 Å². The fraction of sp³-hybridized carbons (Fsp3) is 0.571. The van der Waals surface area contributed by atoms with E-state index in [9.17, 15) is 3.08 Å². The van der Waals surface area contributed by atoms with Crippen molar-refractivity contribution in [2.75, 3.05) is 0 Å². The van der Waals surface area contributed by atoms with Gasteiger partial charge in [0.1, 0.15) is 0 Å². The van der Waals surface area contributed by atoms with Gasteiger partial charge in [-0.15, -0.1) is 0 Å². The zero-order valence-corrected chi connectivity index (χ0v) is 13.5. The summed E-state index contributed by atoms with van der Waals surface area (Å²) in [7, 11) is 0. The molecule has 0 aliphatic carbocycles. The number of hydrogen-bond acceptors (Lipinski definition) is 2. The van der Waals surface area contributed by atoms with Crippen LogP contribution in [0.5, 0.6) is 5.75 Å². The van der Waals surface area contributed by atoms with Gasteiger partial charge < -0.3 is 0 Å². The molecule has 0 aromatic heterocycles. The predicted octanol–water partition coefficient (Wildman–Crippen LogP) is 4.34. The van der Waals surface area contributed by atoms with Crippen LogP contribution in [0.2, 0.25) is 4.44 Å². The predicted molar refractivity (Wildman–Crippen MR) is 71.7 cm³/mol. The fourth-order valence-electron chi connectivity index (χ4n) is 1.72. The van der Waals surface area contributed by atoms with Crippen LogP contribution in [0.25, 0.3) is 0 Å². The van der Waals surface area contributed by atoms with Gasteiger partial charge in [0.25, 0.3) is 0 Å². The average molecular weight is 341 g/mol. The Kier molecular flexibility index (Phi) is 8.31. The van der Waals surface area contributed by atoms with Gasteiger partial charge in [-0.05, 0) is 0 Å². The number of rotatable bonds is 9. The SMILES string of the molecule is CCCCCCC[CH2][Sn](=[O])[O]c1ccccc1. The summed E-state index contributed by atoms with van der Waals surface area (Å²) in [4.78, 5) is 0. The molecule has 0 bridgehead atoms. The molecule has 1 aromatic rings. The van der Waals surface area contributed by atoms with Crippen molar-refractivity contribution >= 4 is 20.2 Å². The van der Waals surface area contributed by atoms with Crippen LogP contribution < -0.4 is 3.07 Å². The monoisotopic (exact) mass is 342 g/mol. The molecule has 0 spiro atoms. The molecule has 0 aliphatic heterocycles. The molecule has 1 rings (SSSR count). The van der Waals surface area contributed by atoms with Gasteiger partial charge in [-0.2, -0.15) is 0 Å². The van der Waals surface area contributed by atoms with Gasteiger partial charge in [0.05, 0.1) is 0 Å². The molecule has 1 aromatic carbocycles. The molecule has 0 fully saturated rings. The van der Waals surface area contributed by atoms with Crippen LogP contribution in [0.15, 0.2) is 30.3 Å². The Labute approximate surface area is 112 Å². The topological polar surface area (TPSA) is 26.3 Å². The number of benzene rings is 1. The van der Waals surface area contributed by atoms with E-state index in [-0.39, 0.29) is 0 Å². The molecule has 2 nitrogen and oxygen atoms in total. The Hall–Kier alpha value is -0.381. The van der Waals surface area contributed by atoms with Crippen molar-refractivity contribution in [2.45, 2.75) is 49.9 Å². The summed E-state index contributed by atoms with van der Waals surface area (Å²) in [5.41, 5.74) is 0. The van der Waals surface area contributed by atoms with E-state index >= 15 is 0 Å². The molecule has 3 heteroatoms. The van der Waals surface area contributed by atoms with Gasteiger partial charge >= 0.3 is 112 Å². The summed E-state index contributed by atoms with van der Waals surface area (Å²) in [5.74, 6) is 0.767. The van der Waals surface area contributed by atoms with Crippen molar-refractivity contribution in [2.24, 2.45) is 0 Å². The minimum absolute atomic E-state index is 0.767. The van der Waals surface area contributed by atoms with E-state index < -0.39 is 20.2 Å². The molecule has 0 saturated heterocycles. The summed E-state index contributed by atoms with van der Waals surface area (Å²) in [5, 5.41) is 0. The molecule has 17 heavy (non-hydrogen) atoms. The number of para-hydroxylation sites is 1. The third kappa shape index (κ3) is 7.53. The molecule has 0 atom stereocenters. The quantitative estimate of drug-likeness (QED) is 0.493. The third-order valence-corrected chi connectivity index (χ3v) is 6.21. The maximum absolute atomic E-state index is 11.8. The summed E-state index contributed by atoms with van der Waals surface area (Å²) >= 11 is -2.79. The third-order valence-electron chi connectivity index (χ3n) is 2.71. The van der Waals surface area contributed by atoms with Crippen molar-refractivity contribution in [1.82, 2.24) is 0 Å². The van der Waals surface area contributed by atoms with Crippen LogP contribution >= 0.6 is 0 Å². The van der Waals surface area contributed by atoms with Crippen LogP contribution in [-0.2, 0) is 3.08 Å². The molecule has 0 saturated carbocycles. The van der Waals surface area contributed by atoms with E-state index in [0.29, 0.717) is 0 Å². The van der Waals surface area contributed by atoms with Crippen molar-refractivity contribution < 1.29 is 6.15 Å². The molecule has 0 radical (unpaired) electrons. The Morgan fingerprint density at radius 2 is 1.65 bits per heavy atom. The Balaban J connectivity index is 2.06. The van der Waals surface area contributed by atoms with Crippen LogP contribution in [0.3, 0.4) is 0 Å². The van der Waals surface area contributed by atoms with Gasteiger partial charge in [0.15, 0.2) is 0 Å². The Bertz CT molecular complexity index is 311. The van der Waals surface area contributed by atoms with E-state index in [1.807, 2.05) is 30.3 Å². The standard InChI is InChI=1S/C8H17.C6H6O.O.Sn/c1-3-5-7-8-6-4-2;7-6-4-2-1-3-5-6;;/h1,3-8H2,2H3;1-5,7H;;/q;;;+1/p-1. The first-order chi connectivity index (χ1) is 8.33. The van der Waals surface area contributed by atoms with Crippen molar-refractivity contribution in [3.05, 3.63) is 30.3 Å². The van der Waals surface area contributed by atoms with Gasteiger partial charge in [-0.1, -0.05) is 0 Å². The average Bonchev–Trinajstić information content (AvgIpc) is 2.35. The molecule has 0 aliphatic rings. The van der Waals surface area contributed by atoms with Crippen LogP contribution in [-0.4, -0.2) is 20.2 Å². The molecular weight excluding hydrogens is 319 g/mol. The summed E-state index contributed by atoms with van der Waals surface area (Å²) in [6.07, 6.45) is 7.45. The normalized spacial score (nSPS) is 10.2. The first-order valence-corrected chi connectivity index (χ1v) is 10.9. The van der Waals surface area contributed by atoms with E-state index in [1.54, 1.807) is 0 Å². The van der Waals surface area contributed by atoms with Gasteiger partial charge in [-0.3, -0.25) is 0 Å². The summed E-state index contributed by atoms with van der Waals surface area (Å²) in [6.45, 7) is 2.22. The van der Waals surface area contributed by atoms with E-state index in [0.717, 1.165) is 16.6 Å². The first kappa shape index (κ1) is 14.7. The van der Waals surface area contributed by atoms with E-state index in [1.165, 1.54) is 32.1 Å². The van der Waals surface area contributed by atoms with Crippen molar-refractivity contribution in [1.29, 1.82) is 0 Å². The second-order valence-electron chi connectivity index (χ2n) is 4.30. The fourth-order valence-corrected chi connectivity index (χ4v) is 4.69. The van der Waals surface area contributed by atoms with E-state index in [4.69, 9.17) is 3.07 Å². The van der Waals surface area contributed by atoms with Crippen LogP contribution in [0.4, 0.5) is 0 Å². The molecule has 0 amide bonds. The zero-order valence-electron chi connectivity index (χ0n) is 10.7. The molecule has 94 valence electrons. The van der Waals surface area contributed by atoms with Gasteiger partial charge in [0, 0.05) is 0 Å². The second kappa shape index (κ2) is 9.63. The summed E-state index contributed by atoms with van der Waals surface area (Å²) < 4.78 is 18.1. The zero-order chi connectivity index (χ0) is 12.3.